The fraction of sp³-hybridized carbons (Fsp3) is 0.111. The number of thioether (sulfide) groups is 1. The monoisotopic (exact) mass is 368 g/mol. The number of non-ortho nitro benzene ring substituents is 1. The second kappa shape index (κ2) is 7.83. The molecular formula is C18H16N4O3S. The molecule has 26 heavy (non-hydrogen) atoms. The van der Waals surface area contributed by atoms with Crippen molar-refractivity contribution in [3.8, 4) is 11.1 Å². The van der Waals surface area contributed by atoms with Crippen LogP contribution in [-0.2, 0) is 4.79 Å². The van der Waals surface area contributed by atoms with E-state index in [2.05, 4.69) is 15.5 Å². The van der Waals surface area contributed by atoms with E-state index < -0.39 is 4.92 Å². The highest BCUT2D eigenvalue weighted by molar-refractivity contribution is 8.00. The summed E-state index contributed by atoms with van der Waals surface area (Å²) in [5.41, 5.74) is 2.62. The standard InChI is InChI=1S/C18H16N4O3S/c1-12(26-17-7-5-16(6-8-17)22(24)25)18(23)21-15-4-2-3-13(9-15)14-10-19-20-11-14/h2-12H,1H3,(H,19,20)(H,21,23). The van der Waals surface area contributed by atoms with Gasteiger partial charge in [-0.2, -0.15) is 5.10 Å². The van der Waals surface area contributed by atoms with Crippen molar-refractivity contribution in [1.82, 2.24) is 10.2 Å². The number of aromatic nitrogens is 2. The summed E-state index contributed by atoms with van der Waals surface area (Å²) in [6, 6.07) is 13.7. The molecule has 3 aromatic rings. The zero-order chi connectivity index (χ0) is 18.5. The molecule has 0 aliphatic carbocycles. The Balaban J connectivity index is 1.64. The molecule has 1 aromatic heterocycles. The summed E-state index contributed by atoms with van der Waals surface area (Å²) in [5, 5.41) is 19.9. The Morgan fingerprint density at radius 2 is 2.00 bits per heavy atom. The van der Waals surface area contributed by atoms with Crippen LogP contribution in [0, 0.1) is 10.1 Å². The van der Waals surface area contributed by atoms with Gasteiger partial charge < -0.3 is 5.32 Å². The number of aromatic amines is 1. The largest absolute Gasteiger partial charge is 0.325 e. The topological polar surface area (TPSA) is 101 Å². The van der Waals surface area contributed by atoms with E-state index >= 15 is 0 Å². The number of nitro benzene ring substituents is 1. The van der Waals surface area contributed by atoms with E-state index in [0.29, 0.717) is 5.69 Å². The highest BCUT2D eigenvalue weighted by Crippen LogP contribution is 2.27. The van der Waals surface area contributed by atoms with Gasteiger partial charge >= 0.3 is 0 Å². The minimum absolute atomic E-state index is 0.0301. The summed E-state index contributed by atoms with van der Waals surface area (Å²) >= 11 is 1.34. The second-order valence-electron chi connectivity index (χ2n) is 5.57. The van der Waals surface area contributed by atoms with E-state index in [0.717, 1.165) is 16.0 Å². The van der Waals surface area contributed by atoms with E-state index in [1.165, 1.54) is 23.9 Å². The van der Waals surface area contributed by atoms with E-state index in [4.69, 9.17) is 0 Å². The Morgan fingerprint density at radius 1 is 1.23 bits per heavy atom. The maximum Gasteiger partial charge on any atom is 0.269 e. The molecule has 0 aliphatic heterocycles. The lowest BCUT2D eigenvalue weighted by Gasteiger charge is -2.12. The van der Waals surface area contributed by atoms with Gasteiger partial charge in [0.1, 0.15) is 0 Å². The number of nitro groups is 1. The molecule has 1 heterocycles. The molecule has 3 rings (SSSR count). The molecule has 1 amide bonds. The molecule has 0 spiro atoms. The molecule has 1 atom stereocenters. The lowest BCUT2D eigenvalue weighted by molar-refractivity contribution is -0.384. The Bertz CT molecular complexity index is 910. The van der Waals surface area contributed by atoms with Crippen molar-refractivity contribution < 1.29 is 9.72 Å². The van der Waals surface area contributed by atoms with Crippen molar-refractivity contribution >= 4 is 29.0 Å². The summed E-state index contributed by atoms with van der Waals surface area (Å²) in [6.07, 6.45) is 3.50. The van der Waals surface area contributed by atoms with E-state index in [9.17, 15) is 14.9 Å². The van der Waals surface area contributed by atoms with Crippen LogP contribution >= 0.6 is 11.8 Å². The first kappa shape index (κ1) is 17.7. The molecule has 0 aliphatic rings. The van der Waals surface area contributed by atoms with Gasteiger partial charge in [0.05, 0.1) is 16.4 Å². The molecule has 7 nitrogen and oxygen atoms in total. The number of rotatable bonds is 6. The van der Waals surface area contributed by atoms with Crippen molar-refractivity contribution in [3.63, 3.8) is 0 Å². The number of nitrogens with zero attached hydrogens (tertiary/aromatic N) is 2. The van der Waals surface area contributed by atoms with Crippen molar-refractivity contribution in [1.29, 1.82) is 0 Å². The molecule has 8 heteroatoms. The zero-order valence-electron chi connectivity index (χ0n) is 13.9. The first-order valence-corrected chi connectivity index (χ1v) is 8.72. The van der Waals surface area contributed by atoms with Crippen LogP contribution in [0.3, 0.4) is 0 Å². The summed E-state index contributed by atoms with van der Waals surface area (Å²) in [4.78, 5) is 23.5. The number of H-pyrrole nitrogens is 1. The molecular weight excluding hydrogens is 352 g/mol. The average Bonchev–Trinajstić information content (AvgIpc) is 3.17. The Labute approximate surface area is 154 Å². The highest BCUT2D eigenvalue weighted by Gasteiger charge is 2.15. The van der Waals surface area contributed by atoms with Crippen LogP contribution in [0.1, 0.15) is 6.92 Å². The predicted octanol–water partition coefficient (Wildman–Crippen LogP) is 4.10. The lowest BCUT2D eigenvalue weighted by atomic mass is 10.1. The number of hydrogen-bond donors (Lipinski definition) is 2. The maximum absolute atomic E-state index is 12.4. The number of anilines is 1. The molecule has 0 saturated carbocycles. The quantitative estimate of drug-likeness (QED) is 0.387. The summed E-state index contributed by atoms with van der Waals surface area (Å²) in [5.74, 6) is -0.141. The maximum atomic E-state index is 12.4. The fourth-order valence-electron chi connectivity index (χ4n) is 2.33. The van der Waals surface area contributed by atoms with Crippen molar-refractivity contribution in [2.75, 3.05) is 5.32 Å². The van der Waals surface area contributed by atoms with Crippen LogP contribution < -0.4 is 5.32 Å². The van der Waals surface area contributed by atoms with Crippen molar-refractivity contribution in [3.05, 3.63) is 71.0 Å². The van der Waals surface area contributed by atoms with Crippen molar-refractivity contribution in [2.45, 2.75) is 17.1 Å². The molecule has 1 unspecified atom stereocenters. The van der Waals surface area contributed by atoms with Crippen LogP contribution in [-0.4, -0.2) is 26.3 Å². The smallest absolute Gasteiger partial charge is 0.269 e. The number of carbonyl (C=O) groups excluding carboxylic acids is 1. The van der Waals surface area contributed by atoms with Gasteiger partial charge in [-0.05, 0) is 36.8 Å². The summed E-state index contributed by atoms with van der Waals surface area (Å²) in [6.45, 7) is 1.79. The normalized spacial score (nSPS) is 11.7. The SMILES string of the molecule is CC(Sc1ccc([N+](=O)[O-])cc1)C(=O)Nc1cccc(-c2cn[nH]c2)c1. The van der Waals surface area contributed by atoms with Gasteiger partial charge in [-0.15, -0.1) is 11.8 Å². The Morgan fingerprint density at radius 3 is 2.65 bits per heavy atom. The van der Waals surface area contributed by atoms with Gasteiger partial charge in [0.25, 0.3) is 5.69 Å². The lowest BCUT2D eigenvalue weighted by Crippen LogP contribution is -2.22. The van der Waals surface area contributed by atoms with Crippen LogP contribution in [0.4, 0.5) is 11.4 Å². The van der Waals surface area contributed by atoms with E-state index in [1.54, 1.807) is 31.5 Å². The number of hydrogen-bond acceptors (Lipinski definition) is 5. The summed E-state index contributed by atoms with van der Waals surface area (Å²) < 4.78 is 0. The molecule has 0 radical (unpaired) electrons. The van der Waals surface area contributed by atoms with Gasteiger partial charge in [0.15, 0.2) is 0 Å². The van der Waals surface area contributed by atoms with Gasteiger partial charge in [0, 0.05) is 34.5 Å². The first-order valence-electron chi connectivity index (χ1n) is 7.84. The molecule has 0 saturated heterocycles. The number of nitrogens with one attached hydrogen (secondary N) is 2. The number of benzene rings is 2. The molecule has 0 fully saturated rings. The van der Waals surface area contributed by atoms with Gasteiger partial charge in [-0.1, -0.05) is 12.1 Å². The Kier molecular flexibility index (Phi) is 5.33. The van der Waals surface area contributed by atoms with E-state index in [1.807, 2.05) is 24.3 Å². The fourth-order valence-corrected chi connectivity index (χ4v) is 3.20. The zero-order valence-corrected chi connectivity index (χ0v) is 14.7. The molecule has 132 valence electrons. The van der Waals surface area contributed by atoms with Crippen LogP contribution in [0.15, 0.2) is 65.8 Å². The minimum Gasteiger partial charge on any atom is -0.325 e. The minimum atomic E-state index is -0.447. The second-order valence-corrected chi connectivity index (χ2v) is 6.98. The third-order valence-electron chi connectivity index (χ3n) is 3.69. The summed E-state index contributed by atoms with van der Waals surface area (Å²) in [7, 11) is 0. The first-order chi connectivity index (χ1) is 12.5. The van der Waals surface area contributed by atoms with Crippen LogP contribution in [0.25, 0.3) is 11.1 Å². The van der Waals surface area contributed by atoms with Gasteiger partial charge in [-0.25, -0.2) is 0 Å². The molecule has 2 aromatic carbocycles. The van der Waals surface area contributed by atoms with E-state index in [-0.39, 0.29) is 16.8 Å². The van der Waals surface area contributed by atoms with Crippen LogP contribution in [0.5, 0.6) is 0 Å². The van der Waals surface area contributed by atoms with Gasteiger partial charge in [-0.3, -0.25) is 20.0 Å². The molecule has 0 bridgehead atoms. The third kappa shape index (κ3) is 4.28. The number of carbonyl (C=O) groups is 1. The number of amides is 1. The van der Waals surface area contributed by atoms with Gasteiger partial charge in [0.2, 0.25) is 5.91 Å². The third-order valence-corrected chi connectivity index (χ3v) is 4.80. The predicted molar refractivity (Wildman–Crippen MR) is 101 cm³/mol. The molecule has 2 N–H and O–H groups in total. The van der Waals surface area contributed by atoms with Crippen LogP contribution in [0.2, 0.25) is 0 Å². The Hall–Kier alpha value is -3.13. The van der Waals surface area contributed by atoms with Crippen molar-refractivity contribution in [2.24, 2.45) is 0 Å². The highest BCUT2D eigenvalue weighted by atomic mass is 32.2. The average molecular weight is 368 g/mol.